The summed E-state index contributed by atoms with van der Waals surface area (Å²) in [4.78, 5) is 14.1. The third kappa shape index (κ3) is 4.05. The Kier molecular flexibility index (Phi) is 5.56. The van der Waals surface area contributed by atoms with Crippen molar-refractivity contribution in [3.05, 3.63) is 35.9 Å². The van der Waals surface area contributed by atoms with Crippen molar-refractivity contribution in [1.29, 1.82) is 0 Å². The van der Waals surface area contributed by atoms with E-state index in [1.54, 1.807) is 0 Å². The number of benzene rings is 1. The van der Waals surface area contributed by atoms with E-state index >= 15 is 0 Å². The monoisotopic (exact) mass is 277 g/mol. The van der Waals surface area contributed by atoms with Gasteiger partial charge >= 0.3 is 0 Å². The van der Waals surface area contributed by atoms with E-state index in [2.05, 4.69) is 0 Å². The number of carbonyl (C=O) groups is 1. The molecule has 2 rings (SSSR count). The van der Waals surface area contributed by atoms with E-state index in [0.29, 0.717) is 12.5 Å². The SMILES string of the molecule is CC(OCc1ccccc1)C(=O)N1CCC(CCO)C1. The standard InChI is InChI=1S/C16H23NO3/c1-13(20-12-15-5-3-2-4-6-15)16(19)17-9-7-14(11-17)8-10-18/h2-6,13-14,18H,7-12H2,1H3. The summed E-state index contributed by atoms with van der Waals surface area (Å²) < 4.78 is 5.66. The van der Waals surface area contributed by atoms with Gasteiger partial charge in [0.25, 0.3) is 5.91 Å². The van der Waals surface area contributed by atoms with Crippen LogP contribution in [-0.2, 0) is 16.1 Å². The zero-order valence-corrected chi connectivity index (χ0v) is 12.0. The van der Waals surface area contributed by atoms with Crippen molar-refractivity contribution in [2.75, 3.05) is 19.7 Å². The molecule has 0 spiro atoms. The summed E-state index contributed by atoms with van der Waals surface area (Å²) in [5.41, 5.74) is 1.08. The number of aliphatic hydroxyl groups is 1. The van der Waals surface area contributed by atoms with Gasteiger partial charge < -0.3 is 14.7 Å². The van der Waals surface area contributed by atoms with Gasteiger partial charge in [-0.15, -0.1) is 0 Å². The average molecular weight is 277 g/mol. The fourth-order valence-electron chi connectivity index (χ4n) is 2.57. The van der Waals surface area contributed by atoms with Crippen molar-refractivity contribution in [1.82, 2.24) is 4.90 Å². The van der Waals surface area contributed by atoms with E-state index in [9.17, 15) is 4.79 Å². The summed E-state index contributed by atoms with van der Waals surface area (Å²) in [6.07, 6.45) is 1.35. The highest BCUT2D eigenvalue weighted by atomic mass is 16.5. The number of ether oxygens (including phenoxy) is 1. The van der Waals surface area contributed by atoms with Gasteiger partial charge in [0.2, 0.25) is 0 Å². The molecule has 0 radical (unpaired) electrons. The van der Waals surface area contributed by atoms with Crippen LogP contribution in [0.5, 0.6) is 0 Å². The molecule has 0 aliphatic carbocycles. The minimum atomic E-state index is -0.414. The van der Waals surface area contributed by atoms with E-state index in [4.69, 9.17) is 9.84 Å². The second-order valence-electron chi connectivity index (χ2n) is 5.39. The zero-order valence-electron chi connectivity index (χ0n) is 12.0. The summed E-state index contributed by atoms with van der Waals surface area (Å²) >= 11 is 0. The van der Waals surface area contributed by atoms with Crippen LogP contribution in [0.2, 0.25) is 0 Å². The van der Waals surface area contributed by atoms with Crippen LogP contribution in [0.25, 0.3) is 0 Å². The lowest BCUT2D eigenvalue weighted by Crippen LogP contribution is -2.37. The van der Waals surface area contributed by atoms with Gasteiger partial charge in [-0.3, -0.25) is 4.79 Å². The molecule has 0 saturated carbocycles. The molecule has 20 heavy (non-hydrogen) atoms. The van der Waals surface area contributed by atoms with E-state index < -0.39 is 6.10 Å². The normalized spacial score (nSPS) is 20.1. The molecule has 1 N–H and O–H groups in total. The predicted molar refractivity (Wildman–Crippen MR) is 77.1 cm³/mol. The smallest absolute Gasteiger partial charge is 0.251 e. The number of hydrogen-bond acceptors (Lipinski definition) is 3. The maximum Gasteiger partial charge on any atom is 0.251 e. The van der Waals surface area contributed by atoms with Crippen LogP contribution in [0.1, 0.15) is 25.3 Å². The number of carbonyl (C=O) groups excluding carboxylic acids is 1. The van der Waals surface area contributed by atoms with Crippen molar-refractivity contribution < 1.29 is 14.6 Å². The molecular formula is C16H23NO3. The molecule has 1 aliphatic rings. The van der Waals surface area contributed by atoms with Crippen molar-refractivity contribution in [3.63, 3.8) is 0 Å². The van der Waals surface area contributed by atoms with Crippen molar-refractivity contribution in [2.45, 2.75) is 32.5 Å². The first-order valence-corrected chi connectivity index (χ1v) is 7.26. The number of likely N-dealkylation sites (tertiary alicyclic amines) is 1. The van der Waals surface area contributed by atoms with E-state index in [-0.39, 0.29) is 12.5 Å². The minimum Gasteiger partial charge on any atom is -0.396 e. The van der Waals surface area contributed by atoms with Crippen LogP contribution >= 0.6 is 0 Å². The van der Waals surface area contributed by atoms with Gasteiger partial charge in [-0.05, 0) is 31.2 Å². The quantitative estimate of drug-likeness (QED) is 0.863. The Morgan fingerprint density at radius 1 is 1.45 bits per heavy atom. The molecule has 1 heterocycles. The fourth-order valence-corrected chi connectivity index (χ4v) is 2.57. The molecule has 0 bridgehead atoms. The number of rotatable bonds is 6. The van der Waals surface area contributed by atoms with Gasteiger partial charge in [-0.25, -0.2) is 0 Å². The molecule has 1 fully saturated rings. The number of amides is 1. The molecule has 2 atom stereocenters. The first-order valence-electron chi connectivity index (χ1n) is 7.26. The van der Waals surface area contributed by atoms with Crippen molar-refractivity contribution in [3.8, 4) is 0 Å². The average Bonchev–Trinajstić information content (AvgIpc) is 2.94. The molecule has 1 amide bonds. The second kappa shape index (κ2) is 7.41. The van der Waals surface area contributed by atoms with Crippen molar-refractivity contribution in [2.24, 2.45) is 5.92 Å². The van der Waals surface area contributed by atoms with Crippen LogP contribution in [0.4, 0.5) is 0 Å². The lowest BCUT2D eigenvalue weighted by molar-refractivity contribution is -0.142. The molecule has 1 aliphatic heterocycles. The Morgan fingerprint density at radius 3 is 2.90 bits per heavy atom. The first-order chi connectivity index (χ1) is 9.70. The largest absolute Gasteiger partial charge is 0.396 e. The van der Waals surface area contributed by atoms with E-state index in [1.807, 2.05) is 42.2 Å². The van der Waals surface area contributed by atoms with Crippen LogP contribution in [-0.4, -0.2) is 41.7 Å². The summed E-state index contributed by atoms with van der Waals surface area (Å²) in [6, 6.07) is 9.87. The Balaban J connectivity index is 1.78. The summed E-state index contributed by atoms with van der Waals surface area (Å²) in [5.74, 6) is 0.492. The maximum absolute atomic E-state index is 12.3. The highest BCUT2D eigenvalue weighted by Gasteiger charge is 2.28. The summed E-state index contributed by atoms with van der Waals surface area (Å²) in [6.45, 7) is 4.00. The molecule has 0 aromatic heterocycles. The number of nitrogens with zero attached hydrogens (tertiary/aromatic N) is 1. The van der Waals surface area contributed by atoms with Crippen LogP contribution in [0, 0.1) is 5.92 Å². The topological polar surface area (TPSA) is 49.8 Å². The lowest BCUT2D eigenvalue weighted by atomic mass is 10.1. The van der Waals surface area contributed by atoms with Crippen LogP contribution in [0.3, 0.4) is 0 Å². The van der Waals surface area contributed by atoms with Gasteiger partial charge in [0.05, 0.1) is 6.61 Å². The fraction of sp³-hybridized carbons (Fsp3) is 0.562. The highest BCUT2D eigenvalue weighted by Crippen LogP contribution is 2.20. The Morgan fingerprint density at radius 2 is 2.20 bits per heavy atom. The third-order valence-electron chi connectivity index (χ3n) is 3.83. The van der Waals surface area contributed by atoms with Gasteiger partial charge in [-0.1, -0.05) is 30.3 Å². The van der Waals surface area contributed by atoms with Crippen molar-refractivity contribution >= 4 is 5.91 Å². The third-order valence-corrected chi connectivity index (χ3v) is 3.83. The van der Waals surface area contributed by atoms with E-state index in [1.165, 1.54) is 0 Å². The van der Waals surface area contributed by atoms with E-state index in [0.717, 1.165) is 31.5 Å². The lowest BCUT2D eigenvalue weighted by Gasteiger charge is -2.21. The zero-order chi connectivity index (χ0) is 14.4. The molecule has 110 valence electrons. The molecule has 4 heteroatoms. The van der Waals surface area contributed by atoms with Crippen LogP contribution < -0.4 is 0 Å². The molecular weight excluding hydrogens is 254 g/mol. The summed E-state index contributed by atoms with van der Waals surface area (Å²) in [7, 11) is 0. The minimum absolute atomic E-state index is 0.0568. The molecule has 1 saturated heterocycles. The van der Waals surface area contributed by atoms with Gasteiger partial charge in [0.15, 0.2) is 0 Å². The molecule has 1 aromatic rings. The second-order valence-corrected chi connectivity index (χ2v) is 5.39. The van der Waals surface area contributed by atoms with Crippen LogP contribution in [0.15, 0.2) is 30.3 Å². The maximum atomic E-state index is 12.3. The molecule has 4 nitrogen and oxygen atoms in total. The number of aliphatic hydroxyl groups excluding tert-OH is 1. The molecule has 1 aromatic carbocycles. The molecule has 2 unspecified atom stereocenters. The predicted octanol–water partition coefficient (Wildman–Crippen LogP) is 1.82. The Hall–Kier alpha value is -1.39. The summed E-state index contributed by atoms with van der Waals surface area (Å²) in [5, 5.41) is 8.94. The highest BCUT2D eigenvalue weighted by molar-refractivity contribution is 5.80. The Bertz CT molecular complexity index is 421. The van der Waals surface area contributed by atoms with Gasteiger partial charge in [-0.2, -0.15) is 0 Å². The van der Waals surface area contributed by atoms with Gasteiger partial charge in [0.1, 0.15) is 6.10 Å². The first kappa shape index (κ1) is 15.0. The Labute approximate surface area is 120 Å². The van der Waals surface area contributed by atoms with Gasteiger partial charge in [0, 0.05) is 19.7 Å². The number of hydrogen-bond donors (Lipinski definition) is 1.